The van der Waals surface area contributed by atoms with Crippen molar-refractivity contribution in [1.29, 1.82) is 0 Å². The van der Waals surface area contributed by atoms with E-state index in [1.54, 1.807) is 12.1 Å². The summed E-state index contributed by atoms with van der Waals surface area (Å²) in [5, 5.41) is 20.3. The number of nitrogens with zero attached hydrogens (tertiary/aromatic N) is 1. The van der Waals surface area contributed by atoms with Crippen LogP contribution in [-0.2, 0) is 20.7 Å². The summed E-state index contributed by atoms with van der Waals surface area (Å²) in [7, 11) is 4.23. The number of halogens is 2. The van der Waals surface area contributed by atoms with E-state index >= 15 is 0 Å². The maximum absolute atomic E-state index is 13.8. The molecule has 0 saturated heterocycles. The van der Waals surface area contributed by atoms with Gasteiger partial charge in [0.15, 0.2) is 5.76 Å². The van der Waals surface area contributed by atoms with Gasteiger partial charge in [-0.1, -0.05) is 32.1 Å². The molecular weight excluding hydrogens is 517 g/mol. The Labute approximate surface area is 254 Å². The molecule has 0 radical (unpaired) electrons. The molecule has 214 valence electrons. The number of nitrogens with one attached hydrogen (secondary N) is 1. The van der Waals surface area contributed by atoms with E-state index in [4.69, 9.17) is 14.6 Å². The summed E-state index contributed by atoms with van der Waals surface area (Å²) in [6.07, 6.45) is 11.3. The van der Waals surface area contributed by atoms with Crippen molar-refractivity contribution in [3.05, 3.63) is 47.0 Å². The van der Waals surface area contributed by atoms with Gasteiger partial charge >= 0.3 is 29.6 Å². The normalized spacial score (nSPS) is 17.6. The van der Waals surface area contributed by atoms with Crippen LogP contribution >= 0.6 is 0 Å². The van der Waals surface area contributed by atoms with Crippen LogP contribution in [0.2, 0.25) is 0 Å². The smallest absolute Gasteiger partial charge is 0.535 e. The summed E-state index contributed by atoms with van der Waals surface area (Å²) in [6, 6.07) is 6.42. The number of allylic oxidation sites excluding steroid dienone is 3. The summed E-state index contributed by atoms with van der Waals surface area (Å²) in [4.78, 5) is 22.4. The van der Waals surface area contributed by atoms with Crippen LogP contribution in [0.25, 0.3) is 0 Å². The third-order valence-corrected chi connectivity index (χ3v) is 6.18. The number of hydrogen-bond donors (Lipinski definition) is 3. The summed E-state index contributed by atoms with van der Waals surface area (Å²) in [5.41, 5.74) is 1.53. The van der Waals surface area contributed by atoms with Gasteiger partial charge in [0.1, 0.15) is 25.1 Å². The molecule has 3 N–H and O–H groups in total. The molecule has 0 aromatic heterocycles. The fraction of sp³-hybridized carbons (Fsp3) is 0.552. The summed E-state index contributed by atoms with van der Waals surface area (Å²) >= 11 is 0. The number of phenolic OH excluding ortho intramolecular Hbond substituents is 1. The molecule has 0 heterocycles. The first kappa shape index (κ1) is 39.2. The van der Waals surface area contributed by atoms with Crippen molar-refractivity contribution in [2.45, 2.75) is 76.9 Å². The Balaban J connectivity index is 0. The number of benzene rings is 1. The second-order valence-corrected chi connectivity index (χ2v) is 8.75. The van der Waals surface area contributed by atoms with Crippen molar-refractivity contribution in [1.82, 2.24) is 5.32 Å². The standard InChI is InChI=1S/C20H24F2N2O2.C7H12O.CH4O.CH2O.Na/c1-13(23-2)7-8-16-18(5-4-6-19(16)25)24-10-9-14-11-15(21)12-17(22)20(14)26-3;8-6-7-4-2-1-3-5-7;2*1-2;/h4,6,11,13,15,23,25H,7-9,12H2,1-3H3;6-7H,1-5H2;2H,1H3;1H2;/q-2;;;;+1. The summed E-state index contributed by atoms with van der Waals surface area (Å²) < 4.78 is 32.4. The third kappa shape index (κ3) is 14.9. The minimum absolute atomic E-state index is 0. The van der Waals surface area contributed by atoms with Crippen molar-refractivity contribution >= 4 is 25.0 Å². The van der Waals surface area contributed by atoms with E-state index in [1.807, 2.05) is 13.8 Å². The Morgan fingerprint density at radius 3 is 2.49 bits per heavy atom. The topological polar surface area (TPSA) is 108 Å². The first-order valence-corrected chi connectivity index (χ1v) is 12.7. The molecule has 2 aliphatic rings. The van der Waals surface area contributed by atoms with Crippen molar-refractivity contribution in [3.8, 4) is 5.75 Å². The van der Waals surface area contributed by atoms with Gasteiger partial charge in [-0.2, -0.15) is 17.8 Å². The quantitative estimate of drug-likeness (QED) is 0.186. The number of hydrogen-bond acceptors (Lipinski definition) is 7. The zero-order chi connectivity index (χ0) is 28.9. The van der Waals surface area contributed by atoms with Crippen LogP contribution in [-0.4, -0.2) is 63.0 Å². The first-order chi connectivity index (χ1) is 18.4. The van der Waals surface area contributed by atoms with Gasteiger partial charge in [-0.15, -0.1) is 6.07 Å². The van der Waals surface area contributed by atoms with Crippen molar-refractivity contribution in [2.24, 2.45) is 10.9 Å². The Morgan fingerprint density at radius 1 is 1.31 bits per heavy atom. The number of aromatic hydroxyl groups is 1. The summed E-state index contributed by atoms with van der Waals surface area (Å²) in [5.74, 6) is -0.00454. The van der Waals surface area contributed by atoms with Gasteiger partial charge in [-0.05, 0) is 50.6 Å². The van der Waals surface area contributed by atoms with Crippen LogP contribution in [0.15, 0.2) is 40.4 Å². The number of carbonyl (C=O) groups excluding carboxylic acids is 2. The van der Waals surface area contributed by atoms with Crippen molar-refractivity contribution < 1.29 is 62.9 Å². The predicted molar refractivity (Wildman–Crippen MR) is 146 cm³/mol. The number of aliphatic imine (C=N–C) groups is 1. The van der Waals surface area contributed by atoms with Crippen molar-refractivity contribution in [2.75, 3.05) is 21.3 Å². The molecule has 7 nitrogen and oxygen atoms in total. The van der Waals surface area contributed by atoms with Crippen molar-refractivity contribution in [3.63, 3.8) is 0 Å². The number of aldehydes is 1. The molecule has 1 aromatic rings. The minimum atomic E-state index is -1.38. The van der Waals surface area contributed by atoms with E-state index in [0.29, 0.717) is 35.2 Å². The number of aliphatic hydroxyl groups excluding tert-OH is 1. The Morgan fingerprint density at radius 2 is 1.95 bits per heavy atom. The molecule has 2 atom stereocenters. The van der Waals surface area contributed by atoms with Crippen LogP contribution in [0.4, 0.5) is 14.5 Å². The first-order valence-electron chi connectivity index (χ1n) is 12.7. The Kier molecular flexibility index (Phi) is 24.1. The van der Waals surface area contributed by atoms with Gasteiger partial charge in [-0.3, -0.25) is 6.07 Å². The van der Waals surface area contributed by atoms with Gasteiger partial charge in [0, 0.05) is 25.5 Å². The fourth-order valence-corrected chi connectivity index (χ4v) is 4.01. The number of rotatable bonds is 9. The average Bonchev–Trinajstić information content (AvgIpc) is 2.95. The van der Waals surface area contributed by atoms with Gasteiger partial charge in [0.25, 0.3) is 0 Å². The second kappa shape index (κ2) is 23.9. The van der Waals surface area contributed by atoms with Crippen LogP contribution < -0.4 is 34.9 Å². The van der Waals surface area contributed by atoms with E-state index in [9.17, 15) is 18.7 Å². The second-order valence-electron chi connectivity index (χ2n) is 8.75. The molecule has 39 heavy (non-hydrogen) atoms. The number of carbonyl (C=O) groups is 2. The zero-order valence-corrected chi connectivity index (χ0v) is 25.9. The molecule has 2 unspecified atom stereocenters. The Hall–Kier alpha value is -1.91. The van der Waals surface area contributed by atoms with Crippen LogP contribution in [0.1, 0.15) is 63.9 Å². The van der Waals surface area contributed by atoms with E-state index in [1.165, 1.54) is 32.4 Å². The van der Waals surface area contributed by atoms with Crippen LogP contribution in [0.5, 0.6) is 5.75 Å². The van der Waals surface area contributed by atoms with E-state index in [-0.39, 0.29) is 53.9 Å². The Bertz CT molecular complexity index is 906. The molecule has 3 rings (SSSR count). The number of alkyl halides is 1. The monoisotopic (exact) mass is 559 g/mol. The maximum atomic E-state index is 13.8. The molecule has 0 spiro atoms. The average molecular weight is 560 g/mol. The SMILES string of the molecule is C=O.CNC(C)CCc1c(N=[C-]CC2=CC(F)CC(F)=C2OC)[c-]ccc1O.CO.O=CC1CCCCC1.[Na+]. The van der Waals surface area contributed by atoms with Gasteiger partial charge in [-0.25, -0.2) is 14.5 Å². The van der Waals surface area contributed by atoms with E-state index < -0.39 is 12.0 Å². The van der Waals surface area contributed by atoms with Gasteiger partial charge in [0.05, 0.1) is 7.11 Å². The zero-order valence-electron chi connectivity index (χ0n) is 23.9. The third-order valence-electron chi connectivity index (χ3n) is 6.18. The molecule has 0 aliphatic heterocycles. The largest absolute Gasteiger partial charge is 1.00 e. The molecule has 0 bridgehead atoms. The molecule has 1 saturated carbocycles. The molecular formula is C29H42F2N2NaO5-. The number of methoxy groups -OCH3 is 1. The molecule has 2 aliphatic carbocycles. The fourth-order valence-electron chi connectivity index (χ4n) is 4.01. The molecule has 0 amide bonds. The minimum Gasteiger partial charge on any atom is -0.535 e. The molecule has 1 fully saturated rings. The van der Waals surface area contributed by atoms with E-state index in [0.717, 1.165) is 32.7 Å². The molecule has 10 heteroatoms. The predicted octanol–water partition coefficient (Wildman–Crippen LogP) is 2.39. The van der Waals surface area contributed by atoms with Gasteiger partial charge in [0.2, 0.25) is 0 Å². The summed E-state index contributed by atoms with van der Waals surface area (Å²) in [6.45, 7) is 4.05. The van der Waals surface area contributed by atoms with Gasteiger partial charge < -0.3 is 34.8 Å². The number of ether oxygens (including phenoxy) is 1. The molecule has 1 aromatic carbocycles. The number of phenols is 1. The number of aliphatic hydroxyl groups is 1. The van der Waals surface area contributed by atoms with E-state index in [2.05, 4.69) is 29.5 Å². The van der Waals surface area contributed by atoms with Crippen LogP contribution in [0.3, 0.4) is 0 Å². The maximum Gasteiger partial charge on any atom is 1.00 e. The van der Waals surface area contributed by atoms with Crippen LogP contribution in [0, 0.1) is 12.0 Å².